The zero-order chi connectivity index (χ0) is 21.2. The minimum absolute atomic E-state index is 0.139. The molecule has 1 amide bonds. The summed E-state index contributed by atoms with van der Waals surface area (Å²) in [4.78, 5) is 23.5. The molecule has 0 fully saturated rings. The van der Waals surface area contributed by atoms with Gasteiger partial charge in [-0.05, 0) is 43.3 Å². The van der Waals surface area contributed by atoms with Crippen molar-refractivity contribution >= 4 is 33.2 Å². The molecular weight excluding hydrogens is 420 g/mol. The van der Waals surface area contributed by atoms with Crippen molar-refractivity contribution < 1.29 is 22.6 Å². The topological polar surface area (TPSA) is 111 Å². The molecule has 1 aromatic heterocycles. The molecule has 0 atom stereocenters. The van der Waals surface area contributed by atoms with Crippen molar-refractivity contribution in [3.05, 3.63) is 92.9 Å². The van der Waals surface area contributed by atoms with Crippen LogP contribution in [0.1, 0.15) is 21.7 Å². The molecule has 0 bridgehead atoms. The van der Waals surface area contributed by atoms with Gasteiger partial charge in [0.1, 0.15) is 5.76 Å². The first-order valence-electron chi connectivity index (χ1n) is 8.30. The SMILES string of the molecule is Cc1ccc(C(=O)N(Cc2ccco2)S(=O)(=O)c2cccc(Cl)c2)cc1[N+](=O)[O-]. The van der Waals surface area contributed by atoms with E-state index in [1.807, 2.05) is 0 Å². The van der Waals surface area contributed by atoms with Crippen LogP contribution in [0.25, 0.3) is 0 Å². The van der Waals surface area contributed by atoms with Gasteiger partial charge in [0.25, 0.3) is 21.6 Å². The number of rotatable bonds is 6. The molecule has 0 saturated carbocycles. The third-order valence-corrected chi connectivity index (χ3v) is 6.10. The highest BCUT2D eigenvalue weighted by atomic mass is 35.5. The van der Waals surface area contributed by atoms with Gasteiger partial charge >= 0.3 is 0 Å². The van der Waals surface area contributed by atoms with Crippen LogP contribution in [0, 0.1) is 17.0 Å². The van der Waals surface area contributed by atoms with Crippen LogP contribution in [-0.2, 0) is 16.6 Å². The van der Waals surface area contributed by atoms with Crippen molar-refractivity contribution in [1.82, 2.24) is 4.31 Å². The number of sulfonamides is 1. The van der Waals surface area contributed by atoms with E-state index in [1.54, 1.807) is 6.07 Å². The molecule has 29 heavy (non-hydrogen) atoms. The summed E-state index contributed by atoms with van der Waals surface area (Å²) in [5.41, 5.74) is -0.0738. The standard InChI is InChI=1S/C19H15ClN2O6S/c1-13-7-8-14(10-18(13)22(24)25)19(23)21(12-16-5-3-9-28-16)29(26,27)17-6-2-4-15(20)11-17/h2-11H,12H2,1H3. The lowest BCUT2D eigenvalue weighted by Crippen LogP contribution is -2.36. The number of halogens is 1. The van der Waals surface area contributed by atoms with Gasteiger partial charge < -0.3 is 4.42 Å². The molecule has 0 aliphatic rings. The van der Waals surface area contributed by atoms with E-state index in [0.717, 1.165) is 6.07 Å². The molecule has 0 unspecified atom stereocenters. The third kappa shape index (κ3) is 4.30. The molecule has 0 spiro atoms. The normalized spacial score (nSPS) is 11.2. The Morgan fingerprint density at radius 1 is 1.17 bits per heavy atom. The van der Waals surface area contributed by atoms with Crippen LogP contribution in [0.4, 0.5) is 5.69 Å². The third-order valence-electron chi connectivity index (χ3n) is 4.14. The van der Waals surface area contributed by atoms with Crippen LogP contribution >= 0.6 is 11.6 Å². The minimum Gasteiger partial charge on any atom is -0.467 e. The van der Waals surface area contributed by atoms with Crippen LogP contribution in [0.15, 0.2) is 70.2 Å². The van der Waals surface area contributed by atoms with Crippen molar-refractivity contribution in [1.29, 1.82) is 0 Å². The second kappa shape index (κ2) is 8.06. The zero-order valence-corrected chi connectivity index (χ0v) is 16.7. The van der Waals surface area contributed by atoms with Crippen LogP contribution in [-0.4, -0.2) is 23.6 Å². The lowest BCUT2D eigenvalue weighted by Gasteiger charge is -2.22. The minimum atomic E-state index is -4.32. The van der Waals surface area contributed by atoms with E-state index in [4.69, 9.17) is 16.0 Å². The number of nitro groups is 1. The van der Waals surface area contributed by atoms with E-state index in [9.17, 15) is 23.3 Å². The quantitative estimate of drug-likeness (QED) is 0.425. The number of nitro benzene ring substituents is 1. The lowest BCUT2D eigenvalue weighted by atomic mass is 10.1. The highest BCUT2D eigenvalue weighted by Crippen LogP contribution is 2.26. The maximum absolute atomic E-state index is 13.2. The van der Waals surface area contributed by atoms with Gasteiger partial charge in [-0.1, -0.05) is 23.7 Å². The summed E-state index contributed by atoms with van der Waals surface area (Å²) in [7, 11) is -4.32. The summed E-state index contributed by atoms with van der Waals surface area (Å²) in [6.07, 6.45) is 1.35. The monoisotopic (exact) mass is 434 g/mol. The van der Waals surface area contributed by atoms with Gasteiger partial charge in [0.2, 0.25) is 0 Å². The Kier molecular flexibility index (Phi) is 5.71. The maximum atomic E-state index is 13.2. The number of benzene rings is 2. The molecular formula is C19H15ClN2O6S. The predicted octanol–water partition coefficient (Wildman–Crippen LogP) is 4.18. The first kappa shape index (κ1) is 20.6. The van der Waals surface area contributed by atoms with Gasteiger partial charge in [0, 0.05) is 22.2 Å². The number of hydrogen-bond acceptors (Lipinski definition) is 6. The second-order valence-electron chi connectivity index (χ2n) is 6.11. The molecule has 1 heterocycles. The molecule has 0 aliphatic carbocycles. The molecule has 3 aromatic rings. The van der Waals surface area contributed by atoms with E-state index in [2.05, 4.69) is 0 Å². The van der Waals surface area contributed by atoms with Crippen molar-refractivity contribution in [3.8, 4) is 0 Å². The Balaban J connectivity index is 2.10. The zero-order valence-electron chi connectivity index (χ0n) is 15.1. The molecule has 3 rings (SSSR count). The molecule has 0 aliphatic heterocycles. The number of aryl methyl sites for hydroxylation is 1. The summed E-state index contributed by atoms with van der Waals surface area (Å²) < 4.78 is 32.2. The Bertz CT molecular complexity index is 1180. The number of hydrogen-bond donors (Lipinski definition) is 0. The van der Waals surface area contributed by atoms with Crippen molar-refractivity contribution in [2.75, 3.05) is 0 Å². The number of carbonyl (C=O) groups is 1. The molecule has 0 N–H and O–H groups in total. The van der Waals surface area contributed by atoms with Gasteiger partial charge in [-0.3, -0.25) is 14.9 Å². The summed E-state index contributed by atoms with van der Waals surface area (Å²) >= 11 is 5.91. The highest BCUT2D eigenvalue weighted by Gasteiger charge is 2.32. The van der Waals surface area contributed by atoms with E-state index in [-0.39, 0.29) is 33.5 Å². The van der Waals surface area contributed by atoms with Crippen molar-refractivity contribution in [3.63, 3.8) is 0 Å². The Hall–Kier alpha value is -3.17. The Morgan fingerprint density at radius 2 is 1.93 bits per heavy atom. The maximum Gasteiger partial charge on any atom is 0.273 e. The van der Waals surface area contributed by atoms with E-state index in [0.29, 0.717) is 9.87 Å². The van der Waals surface area contributed by atoms with Gasteiger partial charge in [-0.15, -0.1) is 0 Å². The molecule has 10 heteroatoms. The summed E-state index contributed by atoms with van der Waals surface area (Å²) in [5, 5.41) is 11.4. The van der Waals surface area contributed by atoms with Gasteiger partial charge in [0.05, 0.1) is 22.6 Å². The average molecular weight is 435 g/mol. The fraction of sp³-hybridized carbons (Fsp3) is 0.105. The van der Waals surface area contributed by atoms with E-state index < -0.39 is 20.9 Å². The first-order chi connectivity index (χ1) is 13.7. The van der Waals surface area contributed by atoms with Crippen LogP contribution in [0.5, 0.6) is 0 Å². The number of amides is 1. The average Bonchev–Trinajstić information content (AvgIpc) is 3.19. The fourth-order valence-electron chi connectivity index (χ4n) is 2.65. The van der Waals surface area contributed by atoms with Crippen molar-refractivity contribution in [2.45, 2.75) is 18.4 Å². The van der Waals surface area contributed by atoms with E-state index in [1.165, 1.54) is 55.7 Å². The predicted molar refractivity (Wildman–Crippen MR) is 105 cm³/mol. The largest absolute Gasteiger partial charge is 0.467 e. The first-order valence-corrected chi connectivity index (χ1v) is 10.1. The molecule has 0 saturated heterocycles. The van der Waals surface area contributed by atoms with Gasteiger partial charge in [0.15, 0.2) is 0 Å². The molecule has 2 aromatic carbocycles. The Labute approximate surface area is 171 Å². The van der Waals surface area contributed by atoms with Crippen LogP contribution < -0.4 is 0 Å². The fourth-order valence-corrected chi connectivity index (χ4v) is 4.30. The van der Waals surface area contributed by atoms with Gasteiger partial charge in [-0.25, -0.2) is 12.7 Å². The lowest BCUT2D eigenvalue weighted by molar-refractivity contribution is -0.385. The number of carbonyl (C=O) groups excluding carboxylic acids is 1. The summed E-state index contributed by atoms with van der Waals surface area (Å²) in [6, 6.07) is 12.3. The summed E-state index contributed by atoms with van der Waals surface area (Å²) in [6.45, 7) is 1.14. The van der Waals surface area contributed by atoms with E-state index >= 15 is 0 Å². The van der Waals surface area contributed by atoms with Gasteiger partial charge in [-0.2, -0.15) is 0 Å². The molecule has 0 radical (unpaired) electrons. The van der Waals surface area contributed by atoms with Crippen LogP contribution in [0.2, 0.25) is 5.02 Å². The molecule has 8 nitrogen and oxygen atoms in total. The second-order valence-corrected chi connectivity index (χ2v) is 8.41. The summed E-state index contributed by atoms with van der Waals surface area (Å²) in [5.74, 6) is -0.699. The van der Waals surface area contributed by atoms with Crippen molar-refractivity contribution in [2.24, 2.45) is 0 Å². The number of nitrogens with zero attached hydrogens (tertiary/aromatic N) is 2. The Morgan fingerprint density at radius 3 is 2.55 bits per heavy atom. The highest BCUT2D eigenvalue weighted by molar-refractivity contribution is 7.89. The smallest absolute Gasteiger partial charge is 0.273 e. The number of furan rings is 1. The van der Waals surface area contributed by atoms with Crippen LogP contribution in [0.3, 0.4) is 0 Å². The molecule has 150 valence electrons.